The standard InChI is InChI=1S/C39H41F2N3O5S/c1-25(37(45)48-5)20-26-8-6-9-27(21-26)39(4)16-7-15-38(2,3)24-50(46,47)19-14-30-29-12-17-42-35(29)23-33(41)36(30)49-28-10-11-32(40)31(22-28)34-13-18-44(39)43-34/h6,8-14,17-19,21-23,25,42H,7,15-16,20,24H2,1-5H3/b19-14+/t25-,39?/m1/s1. The summed E-state index contributed by atoms with van der Waals surface area (Å²) < 4.78 is 71.0. The van der Waals surface area contributed by atoms with E-state index in [2.05, 4.69) is 18.0 Å². The highest BCUT2D eigenvalue weighted by molar-refractivity contribution is 7.94. The minimum Gasteiger partial charge on any atom is -0.469 e. The number of hydrogen-bond donors (Lipinski definition) is 1. The largest absolute Gasteiger partial charge is 0.469 e. The number of carbonyl (C=O) groups excluding carboxylic acids is 1. The first-order valence-corrected chi connectivity index (χ1v) is 18.3. The number of carbonyl (C=O) groups is 1. The molecule has 4 bridgehead atoms. The van der Waals surface area contributed by atoms with E-state index in [-0.39, 0.29) is 40.3 Å². The molecular formula is C39H41F2N3O5S. The number of rotatable bonds is 4. The van der Waals surface area contributed by atoms with Gasteiger partial charge in [0.1, 0.15) is 11.6 Å². The van der Waals surface area contributed by atoms with Gasteiger partial charge in [0, 0.05) is 45.9 Å². The molecule has 0 saturated carbocycles. The molecule has 262 valence electrons. The van der Waals surface area contributed by atoms with E-state index in [0.29, 0.717) is 42.3 Å². The Morgan fingerprint density at radius 2 is 1.86 bits per heavy atom. The monoisotopic (exact) mass is 701 g/mol. The Labute approximate surface area is 291 Å². The molecule has 1 N–H and O–H groups in total. The van der Waals surface area contributed by atoms with E-state index >= 15 is 8.78 Å². The minimum absolute atomic E-state index is 0.122. The first-order chi connectivity index (χ1) is 23.7. The summed E-state index contributed by atoms with van der Waals surface area (Å²) in [4.78, 5) is 15.2. The molecular weight excluding hydrogens is 661 g/mol. The molecule has 8 nitrogen and oxygen atoms in total. The number of fused-ring (bicyclic) bond motifs is 8. The highest BCUT2D eigenvalue weighted by Gasteiger charge is 2.33. The van der Waals surface area contributed by atoms with Gasteiger partial charge in [-0.05, 0) is 79.1 Å². The molecule has 6 rings (SSSR count). The van der Waals surface area contributed by atoms with Crippen LogP contribution in [0.2, 0.25) is 0 Å². The lowest BCUT2D eigenvalue weighted by Gasteiger charge is -2.33. The van der Waals surface area contributed by atoms with E-state index in [4.69, 9.17) is 14.6 Å². The normalized spacial score (nSPS) is 20.1. The molecule has 0 radical (unpaired) electrons. The van der Waals surface area contributed by atoms with E-state index in [0.717, 1.165) is 16.5 Å². The van der Waals surface area contributed by atoms with Crippen molar-refractivity contribution in [3.05, 3.63) is 107 Å². The van der Waals surface area contributed by atoms with E-state index in [9.17, 15) is 13.2 Å². The number of nitrogens with one attached hydrogen (secondary N) is 1. The summed E-state index contributed by atoms with van der Waals surface area (Å²) in [6.07, 6.45) is 7.12. The van der Waals surface area contributed by atoms with Crippen molar-refractivity contribution in [3.63, 3.8) is 0 Å². The fraction of sp³-hybridized carbons (Fsp3) is 0.333. The zero-order valence-corrected chi connectivity index (χ0v) is 29.6. The quantitative estimate of drug-likeness (QED) is 0.188. The number of aromatic nitrogens is 3. The van der Waals surface area contributed by atoms with Crippen LogP contribution in [0.5, 0.6) is 11.5 Å². The Bertz CT molecular complexity index is 2200. The molecule has 2 atom stereocenters. The number of sulfone groups is 1. The number of H-pyrrole nitrogens is 1. The highest BCUT2D eigenvalue weighted by Crippen LogP contribution is 2.39. The van der Waals surface area contributed by atoms with E-state index in [1.807, 2.05) is 43.7 Å². The van der Waals surface area contributed by atoms with Gasteiger partial charge in [0.05, 0.1) is 30.0 Å². The van der Waals surface area contributed by atoms with E-state index in [1.165, 1.54) is 37.5 Å². The zero-order chi connectivity index (χ0) is 35.8. The molecule has 0 spiro atoms. The fourth-order valence-electron chi connectivity index (χ4n) is 6.88. The Balaban J connectivity index is 1.48. The third kappa shape index (κ3) is 7.23. The van der Waals surface area contributed by atoms with Crippen LogP contribution < -0.4 is 4.74 Å². The second-order valence-corrected chi connectivity index (χ2v) is 16.0. The molecule has 0 fully saturated rings. The maximum Gasteiger partial charge on any atom is 0.308 e. The molecule has 11 heteroatoms. The van der Waals surface area contributed by atoms with Crippen LogP contribution in [-0.2, 0) is 31.3 Å². The molecule has 0 saturated heterocycles. The highest BCUT2D eigenvalue weighted by atomic mass is 32.2. The van der Waals surface area contributed by atoms with Crippen molar-refractivity contribution in [1.29, 1.82) is 0 Å². The molecule has 1 aliphatic heterocycles. The van der Waals surface area contributed by atoms with Crippen LogP contribution in [0.3, 0.4) is 0 Å². The molecule has 3 aromatic carbocycles. The predicted molar refractivity (Wildman–Crippen MR) is 190 cm³/mol. The summed E-state index contributed by atoms with van der Waals surface area (Å²) >= 11 is 0. The van der Waals surface area contributed by atoms with Crippen LogP contribution in [0.15, 0.2) is 78.5 Å². The van der Waals surface area contributed by atoms with Crippen molar-refractivity contribution in [3.8, 4) is 22.8 Å². The maximum absolute atomic E-state index is 15.6. The van der Waals surface area contributed by atoms with Gasteiger partial charge in [0.15, 0.2) is 21.4 Å². The van der Waals surface area contributed by atoms with Crippen LogP contribution in [0, 0.1) is 23.0 Å². The van der Waals surface area contributed by atoms with Crippen LogP contribution in [0.4, 0.5) is 8.78 Å². The second-order valence-electron chi connectivity index (χ2n) is 14.2. The molecule has 2 aromatic heterocycles. The van der Waals surface area contributed by atoms with Crippen LogP contribution in [-0.4, -0.2) is 42.0 Å². The number of methoxy groups -OCH3 is 1. The van der Waals surface area contributed by atoms with Gasteiger partial charge in [0.25, 0.3) is 0 Å². The van der Waals surface area contributed by atoms with Crippen LogP contribution in [0.1, 0.15) is 63.6 Å². The van der Waals surface area contributed by atoms with Gasteiger partial charge < -0.3 is 14.5 Å². The zero-order valence-electron chi connectivity index (χ0n) is 28.8. The third-order valence-electron chi connectivity index (χ3n) is 9.58. The van der Waals surface area contributed by atoms with Gasteiger partial charge in [-0.1, -0.05) is 51.5 Å². The first-order valence-electron chi connectivity index (χ1n) is 16.6. The predicted octanol–water partition coefficient (Wildman–Crippen LogP) is 8.81. The lowest BCUT2D eigenvalue weighted by molar-refractivity contribution is -0.144. The summed E-state index contributed by atoms with van der Waals surface area (Å²) in [6.45, 7) is 7.72. The van der Waals surface area contributed by atoms with Crippen LogP contribution >= 0.6 is 0 Å². The lowest BCUT2D eigenvalue weighted by Crippen LogP contribution is -2.33. The minimum atomic E-state index is -3.75. The number of ether oxygens (including phenoxy) is 2. The van der Waals surface area contributed by atoms with Gasteiger partial charge in [-0.3, -0.25) is 9.48 Å². The Morgan fingerprint density at radius 1 is 1.06 bits per heavy atom. The SMILES string of the molecule is COC(=O)[C@H](C)Cc1cccc(C2(C)CCCC(C)(C)CS(=O)(=O)/C=C/c3c(c(F)cc4[nH]ccc34)Oc3ccc(F)c(c3)-c3ccn2n3)c1. The Hall–Kier alpha value is -4.77. The summed E-state index contributed by atoms with van der Waals surface area (Å²) in [5.41, 5.74) is 1.81. The Morgan fingerprint density at radius 3 is 2.64 bits per heavy atom. The average Bonchev–Trinajstić information content (AvgIpc) is 3.75. The number of esters is 1. The maximum atomic E-state index is 15.6. The molecule has 3 heterocycles. The molecule has 0 aliphatic carbocycles. The van der Waals surface area contributed by atoms with Crippen molar-refractivity contribution in [2.45, 2.75) is 58.9 Å². The number of nitrogens with zero attached hydrogens (tertiary/aromatic N) is 2. The number of benzene rings is 3. The first kappa shape index (κ1) is 35.1. The van der Waals surface area contributed by atoms with Crippen molar-refractivity contribution >= 4 is 32.8 Å². The second kappa shape index (κ2) is 13.5. The van der Waals surface area contributed by atoms with Gasteiger partial charge in [0.2, 0.25) is 0 Å². The smallest absolute Gasteiger partial charge is 0.308 e. The van der Waals surface area contributed by atoms with Gasteiger partial charge in [-0.25, -0.2) is 17.2 Å². The number of halogens is 2. The molecule has 1 unspecified atom stereocenters. The van der Waals surface area contributed by atoms with E-state index < -0.39 is 32.4 Å². The van der Waals surface area contributed by atoms with E-state index in [1.54, 1.807) is 24.5 Å². The van der Waals surface area contributed by atoms with Crippen molar-refractivity contribution < 1.29 is 31.5 Å². The topological polar surface area (TPSA) is 103 Å². The summed E-state index contributed by atoms with van der Waals surface area (Å²) in [6, 6.07) is 16.8. The van der Waals surface area contributed by atoms with Crippen molar-refractivity contribution in [2.75, 3.05) is 12.9 Å². The number of aromatic amines is 1. The summed E-state index contributed by atoms with van der Waals surface area (Å²) in [5.74, 6) is -2.02. The summed E-state index contributed by atoms with van der Waals surface area (Å²) in [5, 5.41) is 6.58. The van der Waals surface area contributed by atoms with Crippen LogP contribution in [0.25, 0.3) is 28.2 Å². The molecule has 0 amide bonds. The molecule has 1 aliphatic rings. The van der Waals surface area contributed by atoms with Gasteiger partial charge in [-0.2, -0.15) is 5.10 Å². The van der Waals surface area contributed by atoms with Crippen molar-refractivity contribution in [2.24, 2.45) is 11.3 Å². The average molecular weight is 702 g/mol. The Kier molecular flexibility index (Phi) is 9.47. The lowest BCUT2D eigenvalue weighted by atomic mass is 9.82. The van der Waals surface area contributed by atoms with Gasteiger partial charge >= 0.3 is 5.97 Å². The number of hydrogen-bond acceptors (Lipinski definition) is 6. The summed E-state index contributed by atoms with van der Waals surface area (Å²) in [7, 11) is -2.38. The fourth-order valence-corrected chi connectivity index (χ4v) is 8.56. The third-order valence-corrected chi connectivity index (χ3v) is 11.3. The molecule has 50 heavy (non-hydrogen) atoms. The van der Waals surface area contributed by atoms with Crippen molar-refractivity contribution in [1.82, 2.24) is 14.8 Å². The van der Waals surface area contributed by atoms with Gasteiger partial charge in [-0.15, -0.1) is 0 Å². The molecule has 5 aromatic rings.